The molecule has 0 unspecified atom stereocenters. The molecule has 2 aromatic rings. The minimum Gasteiger partial charge on any atom is -0.424 e. The van der Waals surface area contributed by atoms with Crippen LogP contribution in [0, 0.1) is 0 Å². The van der Waals surface area contributed by atoms with Gasteiger partial charge < -0.3 is 13.7 Å². The van der Waals surface area contributed by atoms with Gasteiger partial charge in [0.15, 0.2) is 5.82 Å². The lowest BCUT2D eigenvalue weighted by Gasteiger charge is -2.10. The van der Waals surface area contributed by atoms with Crippen LogP contribution >= 0.6 is 0 Å². The second-order valence-corrected chi connectivity index (χ2v) is 5.17. The summed E-state index contributed by atoms with van der Waals surface area (Å²) in [6, 6.07) is 0. The molecule has 1 saturated heterocycles. The Morgan fingerprint density at radius 3 is 2.81 bits per heavy atom. The Kier molecular flexibility index (Phi) is 4.26. The smallest absolute Gasteiger partial charge is 0.255 e. The molecule has 0 bridgehead atoms. The van der Waals surface area contributed by atoms with Crippen molar-refractivity contribution in [3.05, 3.63) is 23.5 Å². The standard InChI is InChI=1S/C13H19N5O3/c1-3-11-15-16-12(20-11)8-18(2)7-10-14-13(21-17-10)9-5-4-6-19-9/h9H,3-8H2,1-2H3/t9-/m0/s1. The van der Waals surface area contributed by atoms with Crippen molar-refractivity contribution in [3.8, 4) is 0 Å². The van der Waals surface area contributed by atoms with Crippen molar-refractivity contribution in [1.82, 2.24) is 25.2 Å². The van der Waals surface area contributed by atoms with Crippen LogP contribution in [-0.2, 0) is 24.2 Å². The molecular formula is C13H19N5O3. The van der Waals surface area contributed by atoms with Crippen LogP contribution in [-0.4, -0.2) is 38.9 Å². The lowest BCUT2D eigenvalue weighted by molar-refractivity contribution is 0.0835. The lowest BCUT2D eigenvalue weighted by Crippen LogP contribution is -2.18. The molecule has 8 heteroatoms. The van der Waals surface area contributed by atoms with Gasteiger partial charge in [-0.3, -0.25) is 4.90 Å². The van der Waals surface area contributed by atoms with Crippen LogP contribution < -0.4 is 0 Å². The minimum atomic E-state index is -0.0420. The van der Waals surface area contributed by atoms with E-state index in [9.17, 15) is 0 Å². The van der Waals surface area contributed by atoms with Gasteiger partial charge in [-0.15, -0.1) is 10.2 Å². The highest BCUT2D eigenvalue weighted by molar-refractivity contribution is 4.92. The quantitative estimate of drug-likeness (QED) is 0.791. The highest BCUT2D eigenvalue weighted by Crippen LogP contribution is 2.26. The van der Waals surface area contributed by atoms with Crippen LogP contribution in [0.4, 0.5) is 0 Å². The fraction of sp³-hybridized carbons (Fsp3) is 0.692. The van der Waals surface area contributed by atoms with E-state index < -0.39 is 0 Å². The molecule has 0 aromatic carbocycles. The largest absolute Gasteiger partial charge is 0.424 e. The monoisotopic (exact) mass is 293 g/mol. The summed E-state index contributed by atoms with van der Waals surface area (Å²) >= 11 is 0. The number of hydrogen-bond acceptors (Lipinski definition) is 8. The molecule has 3 heterocycles. The molecule has 1 fully saturated rings. The Morgan fingerprint density at radius 1 is 1.24 bits per heavy atom. The van der Waals surface area contributed by atoms with E-state index in [1.54, 1.807) is 0 Å². The molecule has 114 valence electrons. The molecule has 0 spiro atoms. The maximum absolute atomic E-state index is 5.52. The zero-order chi connectivity index (χ0) is 14.7. The Hall–Kier alpha value is -1.80. The summed E-state index contributed by atoms with van der Waals surface area (Å²) in [4.78, 5) is 6.38. The second kappa shape index (κ2) is 6.31. The SMILES string of the molecule is CCc1nnc(CN(C)Cc2noc([C@@H]3CCCO3)n2)o1. The topological polar surface area (TPSA) is 90.3 Å². The Balaban J connectivity index is 1.55. The molecule has 1 aliphatic rings. The maximum atomic E-state index is 5.52. The average molecular weight is 293 g/mol. The average Bonchev–Trinajstić information content (AvgIpc) is 3.19. The lowest BCUT2D eigenvalue weighted by atomic mass is 10.2. The van der Waals surface area contributed by atoms with Crippen molar-refractivity contribution in [2.24, 2.45) is 0 Å². The third kappa shape index (κ3) is 3.45. The van der Waals surface area contributed by atoms with E-state index in [1.165, 1.54) is 0 Å². The van der Waals surface area contributed by atoms with Crippen molar-refractivity contribution >= 4 is 0 Å². The molecule has 1 atom stereocenters. The molecule has 0 saturated carbocycles. The van der Waals surface area contributed by atoms with Gasteiger partial charge in [-0.1, -0.05) is 12.1 Å². The van der Waals surface area contributed by atoms with Crippen molar-refractivity contribution in [3.63, 3.8) is 0 Å². The fourth-order valence-electron chi connectivity index (χ4n) is 2.26. The summed E-state index contributed by atoms with van der Waals surface area (Å²) in [6.07, 6.45) is 2.68. The summed E-state index contributed by atoms with van der Waals surface area (Å²) in [6.45, 7) is 3.85. The predicted octanol–water partition coefficient (Wildman–Crippen LogP) is 1.50. The first kappa shape index (κ1) is 14.2. The zero-order valence-corrected chi connectivity index (χ0v) is 12.3. The van der Waals surface area contributed by atoms with Gasteiger partial charge in [-0.2, -0.15) is 4.98 Å². The van der Waals surface area contributed by atoms with Crippen LogP contribution in [0.2, 0.25) is 0 Å². The molecule has 0 radical (unpaired) electrons. The number of aryl methyl sites for hydroxylation is 1. The Morgan fingerprint density at radius 2 is 2.10 bits per heavy atom. The first-order chi connectivity index (χ1) is 10.2. The van der Waals surface area contributed by atoms with E-state index in [0.717, 1.165) is 25.9 Å². The van der Waals surface area contributed by atoms with E-state index in [0.29, 0.717) is 36.6 Å². The molecule has 1 aliphatic heterocycles. The van der Waals surface area contributed by atoms with Crippen molar-refractivity contribution in [2.45, 2.75) is 45.4 Å². The van der Waals surface area contributed by atoms with Gasteiger partial charge in [-0.05, 0) is 19.9 Å². The summed E-state index contributed by atoms with van der Waals surface area (Å²) < 4.78 is 16.3. The third-order valence-corrected chi connectivity index (χ3v) is 3.32. The summed E-state index contributed by atoms with van der Waals surface area (Å²) in [5, 5.41) is 11.9. The molecule has 0 amide bonds. The van der Waals surface area contributed by atoms with E-state index in [1.807, 2.05) is 18.9 Å². The van der Waals surface area contributed by atoms with E-state index in [-0.39, 0.29) is 6.10 Å². The molecule has 21 heavy (non-hydrogen) atoms. The van der Waals surface area contributed by atoms with Gasteiger partial charge >= 0.3 is 0 Å². The second-order valence-electron chi connectivity index (χ2n) is 5.17. The van der Waals surface area contributed by atoms with Crippen LogP contribution in [0.25, 0.3) is 0 Å². The molecule has 0 N–H and O–H groups in total. The molecule has 0 aliphatic carbocycles. The number of rotatable bonds is 6. The molecule has 3 rings (SSSR count). The van der Waals surface area contributed by atoms with Crippen molar-refractivity contribution in [1.29, 1.82) is 0 Å². The van der Waals surface area contributed by atoms with Gasteiger partial charge in [0.1, 0.15) is 6.10 Å². The summed E-state index contributed by atoms with van der Waals surface area (Å²) in [7, 11) is 1.94. The van der Waals surface area contributed by atoms with Gasteiger partial charge in [0.25, 0.3) is 5.89 Å². The predicted molar refractivity (Wildman–Crippen MR) is 71.1 cm³/mol. The summed E-state index contributed by atoms with van der Waals surface area (Å²) in [5.74, 6) is 2.45. The molecular weight excluding hydrogens is 274 g/mol. The number of aromatic nitrogens is 4. The number of hydrogen-bond donors (Lipinski definition) is 0. The van der Waals surface area contributed by atoms with Crippen LogP contribution in [0.1, 0.15) is 49.4 Å². The summed E-state index contributed by atoms with van der Waals surface area (Å²) in [5.41, 5.74) is 0. The fourth-order valence-corrected chi connectivity index (χ4v) is 2.26. The van der Waals surface area contributed by atoms with Gasteiger partial charge in [0.2, 0.25) is 11.8 Å². The van der Waals surface area contributed by atoms with Gasteiger partial charge in [-0.25, -0.2) is 0 Å². The maximum Gasteiger partial charge on any atom is 0.255 e. The van der Waals surface area contributed by atoms with E-state index in [4.69, 9.17) is 13.7 Å². The van der Waals surface area contributed by atoms with Crippen LogP contribution in [0.15, 0.2) is 8.94 Å². The Labute approximate surface area is 122 Å². The van der Waals surface area contributed by atoms with E-state index >= 15 is 0 Å². The van der Waals surface area contributed by atoms with Crippen LogP contribution in [0.3, 0.4) is 0 Å². The minimum absolute atomic E-state index is 0.0420. The zero-order valence-electron chi connectivity index (χ0n) is 12.3. The van der Waals surface area contributed by atoms with Crippen molar-refractivity contribution in [2.75, 3.05) is 13.7 Å². The highest BCUT2D eigenvalue weighted by atomic mass is 16.5. The number of ether oxygens (including phenoxy) is 1. The molecule has 2 aromatic heterocycles. The third-order valence-electron chi connectivity index (χ3n) is 3.32. The first-order valence-corrected chi connectivity index (χ1v) is 7.18. The van der Waals surface area contributed by atoms with Crippen LogP contribution in [0.5, 0.6) is 0 Å². The van der Waals surface area contributed by atoms with Crippen molar-refractivity contribution < 1.29 is 13.7 Å². The number of nitrogens with zero attached hydrogens (tertiary/aromatic N) is 5. The van der Waals surface area contributed by atoms with Gasteiger partial charge in [0.05, 0.1) is 13.1 Å². The Bertz CT molecular complexity index is 576. The first-order valence-electron chi connectivity index (χ1n) is 7.18. The normalized spacial score (nSPS) is 18.7. The van der Waals surface area contributed by atoms with Gasteiger partial charge in [0, 0.05) is 13.0 Å². The highest BCUT2D eigenvalue weighted by Gasteiger charge is 2.24. The molecule has 8 nitrogen and oxygen atoms in total. The van der Waals surface area contributed by atoms with E-state index in [2.05, 4.69) is 20.3 Å².